The number of hydrazone groups is 1. The number of nitrogens with one attached hydrogen (secondary N) is 1. The molecule has 0 saturated carbocycles. The lowest BCUT2D eigenvalue weighted by Crippen LogP contribution is -2.24. The molecule has 24 heavy (non-hydrogen) atoms. The number of hydrogen-bond donors (Lipinski definition) is 2. The Labute approximate surface area is 141 Å². The number of carbonyl (C=O) groups is 1. The molecule has 0 heterocycles. The Morgan fingerprint density at radius 2 is 2.17 bits per heavy atom. The molecular weight excluding hydrogens is 338 g/mol. The number of halogens is 1. The van der Waals surface area contributed by atoms with E-state index in [1.165, 1.54) is 6.07 Å². The first-order valence-corrected chi connectivity index (χ1v) is 7.01. The van der Waals surface area contributed by atoms with Crippen LogP contribution in [-0.4, -0.2) is 28.8 Å². The van der Waals surface area contributed by atoms with Gasteiger partial charge in [0.05, 0.1) is 16.7 Å². The molecule has 0 fully saturated rings. The van der Waals surface area contributed by atoms with E-state index in [1.807, 2.05) is 0 Å². The van der Waals surface area contributed by atoms with Crippen LogP contribution in [0.25, 0.3) is 0 Å². The zero-order valence-corrected chi connectivity index (χ0v) is 12.9. The van der Waals surface area contributed by atoms with E-state index in [9.17, 15) is 20.0 Å². The summed E-state index contributed by atoms with van der Waals surface area (Å²) in [7, 11) is 0. The van der Waals surface area contributed by atoms with E-state index in [1.54, 1.807) is 24.3 Å². The number of rotatable bonds is 6. The number of carbonyl (C=O) groups excluding carboxylic acids is 1. The largest absolute Gasteiger partial charge is 0.508 e. The molecule has 0 aliphatic rings. The van der Waals surface area contributed by atoms with Crippen molar-refractivity contribution in [3.8, 4) is 11.5 Å². The Morgan fingerprint density at radius 3 is 2.88 bits per heavy atom. The van der Waals surface area contributed by atoms with Crippen LogP contribution in [0.5, 0.6) is 11.5 Å². The van der Waals surface area contributed by atoms with Gasteiger partial charge in [-0.3, -0.25) is 14.9 Å². The van der Waals surface area contributed by atoms with Crippen LogP contribution in [0.3, 0.4) is 0 Å². The molecule has 0 bridgehead atoms. The molecule has 0 unspecified atom stereocenters. The van der Waals surface area contributed by atoms with Crippen molar-refractivity contribution in [3.05, 3.63) is 63.2 Å². The van der Waals surface area contributed by atoms with E-state index < -0.39 is 10.8 Å². The summed E-state index contributed by atoms with van der Waals surface area (Å²) in [6, 6.07) is 10.0. The second-order valence-corrected chi connectivity index (χ2v) is 4.98. The minimum absolute atomic E-state index is 0.0519. The van der Waals surface area contributed by atoms with Crippen molar-refractivity contribution in [3.63, 3.8) is 0 Å². The Balaban J connectivity index is 1.93. The Bertz CT molecular complexity index is 794. The van der Waals surface area contributed by atoms with Crippen molar-refractivity contribution in [2.24, 2.45) is 5.10 Å². The zero-order chi connectivity index (χ0) is 17.5. The topological polar surface area (TPSA) is 114 Å². The van der Waals surface area contributed by atoms with Crippen molar-refractivity contribution < 1.29 is 19.6 Å². The summed E-state index contributed by atoms with van der Waals surface area (Å²) in [4.78, 5) is 21.9. The molecule has 0 aliphatic carbocycles. The second kappa shape index (κ2) is 7.93. The fourth-order valence-electron chi connectivity index (χ4n) is 1.72. The summed E-state index contributed by atoms with van der Waals surface area (Å²) in [5, 5.41) is 24.3. The normalized spacial score (nSPS) is 10.5. The summed E-state index contributed by atoms with van der Waals surface area (Å²) in [6.45, 7) is -0.306. The molecule has 9 heteroatoms. The van der Waals surface area contributed by atoms with Crippen LogP contribution in [0.2, 0.25) is 5.02 Å². The lowest BCUT2D eigenvalue weighted by atomic mass is 10.2. The van der Waals surface area contributed by atoms with E-state index in [4.69, 9.17) is 16.3 Å². The SMILES string of the molecule is O=C(COc1cccc(Cl)c1)NN=Cc1cc(O)ccc1[N+](=O)[O-]. The maximum absolute atomic E-state index is 11.6. The van der Waals surface area contributed by atoms with E-state index in [-0.39, 0.29) is 23.6 Å². The van der Waals surface area contributed by atoms with E-state index in [0.29, 0.717) is 10.8 Å². The smallest absolute Gasteiger partial charge is 0.278 e. The summed E-state index contributed by atoms with van der Waals surface area (Å²) < 4.78 is 5.21. The van der Waals surface area contributed by atoms with Gasteiger partial charge in [0.15, 0.2) is 6.61 Å². The van der Waals surface area contributed by atoms with E-state index >= 15 is 0 Å². The number of amides is 1. The summed E-state index contributed by atoms with van der Waals surface area (Å²) in [6.07, 6.45) is 1.06. The molecule has 0 aliphatic heterocycles. The van der Waals surface area contributed by atoms with Crippen LogP contribution in [0.4, 0.5) is 5.69 Å². The van der Waals surface area contributed by atoms with Crippen LogP contribution < -0.4 is 10.2 Å². The van der Waals surface area contributed by atoms with Crippen LogP contribution in [0.15, 0.2) is 47.6 Å². The first-order valence-electron chi connectivity index (χ1n) is 6.63. The number of nitro groups is 1. The number of nitrogens with zero attached hydrogens (tertiary/aromatic N) is 2. The highest BCUT2D eigenvalue weighted by Crippen LogP contribution is 2.21. The molecule has 0 radical (unpaired) electrons. The van der Waals surface area contributed by atoms with Crippen LogP contribution in [-0.2, 0) is 4.79 Å². The number of phenolic OH excluding ortho intramolecular Hbond substituents is 1. The number of phenols is 1. The number of aromatic hydroxyl groups is 1. The lowest BCUT2D eigenvalue weighted by Gasteiger charge is -2.05. The third-order valence-electron chi connectivity index (χ3n) is 2.77. The molecule has 0 aromatic heterocycles. The zero-order valence-electron chi connectivity index (χ0n) is 12.2. The molecule has 1 amide bonds. The standard InChI is InChI=1S/C15H12ClN3O5/c16-11-2-1-3-13(7-11)24-9-15(21)18-17-8-10-6-12(20)4-5-14(10)19(22)23/h1-8,20H,9H2,(H,18,21). The maximum Gasteiger partial charge on any atom is 0.278 e. The number of nitro benzene ring substituents is 1. The molecule has 2 N–H and O–H groups in total. The van der Waals surface area contributed by atoms with E-state index in [2.05, 4.69) is 10.5 Å². The predicted molar refractivity (Wildman–Crippen MR) is 87.4 cm³/mol. The molecule has 124 valence electrons. The van der Waals surface area contributed by atoms with Gasteiger partial charge in [0.1, 0.15) is 11.5 Å². The van der Waals surface area contributed by atoms with Crippen molar-refractivity contribution in [2.45, 2.75) is 0 Å². The van der Waals surface area contributed by atoms with Gasteiger partial charge in [0.2, 0.25) is 0 Å². The van der Waals surface area contributed by atoms with Gasteiger partial charge in [-0.15, -0.1) is 0 Å². The van der Waals surface area contributed by atoms with Crippen molar-refractivity contribution in [1.82, 2.24) is 5.43 Å². The number of hydrogen-bond acceptors (Lipinski definition) is 6. The van der Waals surface area contributed by atoms with Crippen molar-refractivity contribution >= 4 is 29.4 Å². The van der Waals surface area contributed by atoms with Gasteiger partial charge in [-0.25, -0.2) is 5.43 Å². The molecular formula is C15H12ClN3O5. The van der Waals surface area contributed by atoms with Gasteiger partial charge in [-0.05, 0) is 30.3 Å². The van der Waals surface area contributed by atoms with Crippen LogP contribution >= 0.6 is 11.6 Å². The molecule has 0 spiro atoms. The van der Waals surface area contributed by atoms with Crippen LogP contribution in [0.1, 0.15) is 5.56 Å². The highest BCUT2D eigenvalue weighted by Gasteiger charge is 2.12. The highest BCUT2D eigenvalue weighted by atomic mass is 35.5. The minimum atomic E-state index is -0.620. The van der Waals surface area contributed by atoms with Gasteiger partial charge in [0.25, 0.3) is 11.6 Å². The Kier molecular flexibility index (Phi) is 5.69. The fraction of sp³-hybridized carbons (Fsp3) is 0.0667. The molecule has 0 atom stereocenters. The van der Waals surface area contributed by atoms with Gasteiger partial charge in [0, 0.05) is 11.1 Å². The average molecular weight is 350 g/mol. The third kappa shape index (κ3) is 4.96. The number of ether oxygens (including phenoxy) is 1. The monoisotopic (exact) mass is 349 g/mol. The summed E-state index contributed by atoms with van der Waals surface area (Å²) in [5.74, 6) is -0.294. The highest BCUT2D eigenvalue weighted by molar-refractivity contribution is 6.30. The maximum atomic E-state index is 11.6. The molecule has 8 nitrogen and oxygen atoms in total. The lowest BCUT2D eigenvalue weighted by molar-refractivity contribution is -0.385. The van der Waals surface area contributed by atoms with Gasteiger partial charge in [-0.1, -0.05) is 17.7 Å². The predicted octanol–water partition coefficient (Wildman–Crippen LogP) is 2.48. The molecule has 2 rings (SSSR count). The van der Waals surface area contributed by atoms with Crippen LogP contribution in [0, 0.1) is 10.1 Å². The van der Waals surface area contributed by atoms with Crippen molar-refractivity contribution in [1.29, 1.82) is 0 Å². The third-order valence-corrected chi connectivity index (χ3v) is 3.00. The van der Waals surface area contributed by atoms with E-state index in [0.717, 1.165) is 18.3 Å². The second-order valence-electron chi connectivity index (χ2n) is 4.54. The quantitative estimate of drug-likeness (QED) is 0.472. The molecule has 2 aromatic carbocycles. The Hall–Kier alpha value is -3.13. The fourth-order valence-corrected chi connectivity index (χ4v) is 1.90. The average Bonchev–Trinajstić information content (AvgIpc) is 2.53. The number of benzene rings is 2. The molecule has 0 saturated heterocycles. The van der Waals surface area contributed by atoms with Gasteiger partial charge >= 0.3 is 0 Å². The summed E-state index contributed by atoms with van der Waals surface area (Å²) >= 11 is 5.79. The first kappa shape index (κ1) is 17.2. The molecule has 2 aromatic rings. The Morgan fingerprint density at radius 1 is 1.38 bits per heavy atom. The van der Waals surface area contributed by atoms with Gasteiger partial charge in [-0.2, -0.15) is 5.10 Å². The first-order chi connectivity index (χ1) is 11.5. The summed E-state index contributed by atoms with van der Waals surface area (Å²) in [5.41, 5.74) is 1.97. The van der Waals surface area contributed by atoms with Gasteiger partial charge < -0.3 is 9.84 Å². The minimum Gasteiger partial charge on any atom is -0.508 e. The van der Waals surface area contributed by atoms with Crippen molar-refractivity contribution in [2.75, 3.05) is 6.61 Å².